The molecular weight excluding hydrogens is 364 g/mol. The molecule has 1 saturated heterocycles. The number of anilines is 2. The van der Waals surface area contributed by atoms with E-state index in [2.05, 4.69) is 36.0 Å². The lowest BCUT2D eigenvalue weighted by atomic mass is 9.99. The van der Waals surface area contributed by atoms with E-state index in [0.717, 1.165) is 50.4 Å². The normalized spacial score (nSPS) is 14.5. The van der Waals surface area contributed by atoms with Gasteiger partial charge in [0.2, 0.25) is 0 Å². The number of nitrogens with one attached hydrogen (secondary N) is 1. The predicted molar refractivity (Wildman–Crippen MR) is 116 cm³/mol. The first-order valence-electron chi connectivity index (χ1n) is 10.4. The molecule has 2 aromatic rings. The molecule has 2 amide bonds. The molecule has 1 N–H and O–H groups in total. The fraction of sp³-hybridized carbons (Fsp3) is 0.435. The fourth-order valence-corrected chi connectivity index (χ4v) is 3.61. The second-order valence-corrected chi connectivity index (χ2v) is 7.58. The number of nitrogens with zero attached hydrogens (tertiary/aromatic N) is 3. The Labute approximate surface area is 172 Å². The van der Waals surface area contributed by atoms with Crippen LogP contribution in [0.3, 0.4) is 0 Å². The van der Waals surface area contributed by atoms with Gasteiger partial charge in [0.05, 0.1) is 0 Å². The van der Waals surface area contributed by atoms with Crippen LogP contribution in [0.2, 0.25) is 0 Å². The lowest BCUT2D eigenvalue weighted by Crippen LogP contribution is -2.38. The van der Waals surface area contributed by atoms with Crippen molar-refractivity contribution in [1.82, 2.24) is 9.88 Å². The molecule has 3 rings (SSSR count). The summed E-state index contributed by atoms with van der Waals surface area (Å²) in [6.45, 7) is 9.81. The summed E-state index contributed by atoms with van der Waals surface area (Å²) in [7, 11) is 0. The second kappa shape index (κ2) is 9.54. The molecule has 29 heavy (non-hydrogen) atoms. The van der Waals surface area contributed by atoms with Gasteiger partial charge >= 0.3 is 0 Å². The minimum atomic E-state index is -0.246. The highest BCUT2D eigenvalue weighted by atomic mass is 16.2. The Morgan fingerprint density at radius 1 is 1.10 bits per heavy atom. The maximum absolute atomic E-state index is 12.7. The molecule has 0 unspecified atom stereocenters. The van der Waals surface area contributed by atoms with Crippen LogP contribution in [-0.2, 0) is 0 Å². The first-order valence-corrected chi connectivity index (χ1v) is 10.4. The highest BCUT2D eigenvalue weighted by Gasteiger charge is 2.23. The highest BCUT2D eigenvalue weighted by molar-refractivity contribution is 6.05. The van der Waals surface area contributed by atoms with Gasteiger partial charge in [0.15, 0.2) is 0 Å². The summed E-state index contributed by atoms with van der Waals surface area (Å²) in [6, 6.07) is 11.0. The van der Waals surface area contributed by atoms with Crippen molar-refractivity contribution in [2.45, 2.75) is 33.6 Å². The molecule has 1 aromatic heterocycles. The van der Waals surface area contributed by atoms with Gasteiger partial charge in [-0.1, -0.05) is 6.92 Å². The number of pyridine rings is 1. The zero-order valence-corrected chi connectivity index (χ0v) is 17.5. The van der Waals surface area contributed by atoms with E-state index in [4.69, 9.17) is 0 Å². The molecule has 0 aliphatic carbocycles. The number of amides is 2. The van der Waals surface area contributed by atoms with Crippen LogP contribution < -0.4 is 10.2 Å². The van der Waals surface area contributed by atoms with Gasteiger partial charge in [-0.15, -0.1) is 0 Å². The maximum atomic E-state index is 12.7. The highest BCUT2D eigenvalue weighted by Crippen LogP contribution is 2.20. The third-order valence-electron chi connectivity index (χ3n) is 5.57. The smallest absolute Gasteiger partial charge is 0.272 e. The van der Waals surface area contributed by atoms with Gasteiger partial charge in [-0.25, -0.2) is 0 Å². The van der Waals surface area contributed by atoms with Crippen molar-refractivity contribution < 1.29 is 9.59 Å². The van der Waals surface area contributed by atoms with Gasteiger partial charge in [-0.2, -0.15) is 0 Å². The van der Waals surface area contributed by atoms with Crippen LogP contribution in [0, 0.1) is 5.92 Å². The Hall–Kier alpha value is -2.89. The van der Waals surface area contributed by atoms with Crippen molar-refractivity contribution in [3.63, 3.8) is 0 Å². The molecule has 0 spiro atoms. The summed E-state index contributed by atoms with van der Waals surface area (Å²) in [5.74, 6) is 0.302. The van der Waals surface area contributed by atoms with E-state index < -0.39 is 0 Å². The number of rotatable bonds is 6. The van der Waals surface area contributed by atoms with Gasteiger partial charge in [0.25, 0.3) is 11.8 Å². The van der Waals surface area contributed by atoms with Crippen molar-refractivity contribution in [3.8, 4) is 0 Å². The number of carbonyl (C=O) groups is 2. The molecule has 0 atom stereocenters. The van der Waals surface area contributed by atoms with Gasteiger partial charge in [-0.05, 0) is 69.0 Å². The molecule has 1 aromatic carbocycles. The molecule has 2 heterocycles. The Bertz CT molecular complexity index is 838. The second-order valence-electron chi connectivity index (χ2n) is 7.58. The molecule has 0 radical (unpaired) electrons. The van der Waals surface area contributed by atoms with Crippen LogP contribution in [0.5, 0.6) is 0 Å². The number of aromatic nitrogens is 1. The zero-order chi connectivity index (χ0) is 20.8. The summed E-state index contributed by atoms with van der Waals surface area (Å²) in [5.41, 5.74) is 2.60. The number of benzene rings is 1. The molecule has 1 aliphatic heterocycles. The Morgan fingerprint density at radius 3 is 2.38 bits per heavy atom. The lowest BCUT2D eigenvalue weighted by molar-refractivity contribution is 0.0691. The van der Waals surface area contributed by atoms with E-state index in [-0.39, 0.29) is 11.8 Å². The van der Waals surface area contributed by atoms with E-state index in [1.54, 1.807) is 12.1 Å². The minimum Gasteiger partial charge on any atom is -0.372 e. The Balaban J connectivity index is 1.67. The summed E-state index contributed by atoms with van der Waals surface area (Å²) < 4.78 is 0. The van der Waals surface area contributed by atoms with Crippen LogP contribution in [0.25, 0.3) is 0 Å². The zero-order valence-electron chi connectivity index (χ0n) is 17.5. The van der Waals surface area contributed by atoms with Crippen LogP contribution >= 0.6 is 0 Å². The van der Waals surface area contributed by atoms with E-state index >= 15 is 0 Å². The molecule has 6 heteroatoms. The van der Waals surface area contributed by atoms with Crippen molar-refractivity contribution in [3.05, 3.63) is 53.9 Å². The predicted octanol–water partition coefficient (Wildman–Crippen LogP) is 4.05. The van der Waals surface area contributed by atoms with Crippen molar-refractivity contribution in [1.29, 1.82) is 0 Å². The van der Waals surface area contributed by atoms with Crippen LogP contribution in [0.4, 0.5) is 11.4 Å². The first kappa shape index (κ1) is 20.8. The largest absolute Gasteiger partial charge is 0.372 e. The third-order valence-corrected chi connectivity index (χ3v) is 5.57. The lowest BCUT2D eigenvalue weighted by Gasteiger charge is -2.30. The van der Waals surface area contributed by atoms with E-state index in [1.165, 1.54) is 6.20 Å². The SMILES string of the molecule is CCN(CC)c1ccc(NC(=O)c2ccnc(C(=O)N3CCC(C)CC3)c2)cc1. The maximum Gasteiger partial charge on any atom is 0.272 e. The van der Waals surface area contributed by atoms with Crippen LogP contribution in [0.1, 0.15) is 54.5 Å². The van der Waals surface area contributed by atoms with Crippen molar-refractivity contribution in [2.75, 3.05) is 36.4 Å². The number of hydrogen-bond donors (Lipinski definition) is 1. The van der Waals surface area contributed by atoms with Gasteiger partial charge in [-0.3, -0.25) is 14.6 Å². The van der Waals surface area contributed by atoms with Gasteiger partial charge in [0, 0.05) is 49.3 Å². The standard InChI is InChI=1S/C23H30N4O2/c1-4-26(5-2)20-8-6-19(7-9-20)25-22(28)18-10-13-24-21(16-18)23(29)27-14-11-17(3)12-15-27/h6-10,13,16-17H,4-5,11-12,14-15H2,1-3H3,(H,25,28). The van der Waals surface area contributed by atoms with Gasteiger partial charge < -0.3 is 15.1 Å². The van der Waals surface area contributed by atoms with E-state index in [1.807, 2.05) is 29.2 Å². The van der Waals surface area contributed by atoms with E-state index in [0.29, 0.717) is 17.2 Å². The fourth-order valence-electron chi connectivity index (χ4n) is 3.61. The average Bonchev–Trinajstić information content (AvgIpc) is 2.76. The molecule has 0 saturated carbocycles. The summed E-state index contributed by atoms with van der Waals surface area (Å²) in [4.78, 5) is 33.7. The number of carbonyl (C=O) groups excluding carboxylic acids is 2. The monoisotopic (exact) mass is 394 g/mol. The van der Waals surface area contributed by atoms with Crippen molar-refractivity contribution in [2.24, 2.45) is 5.92 Å². The van der Waals surface area contributed by atoms with Crippen LogP contribution in [0.15, 0.2) is 42.6 Å². The molecule has 0 bridgehead atoms. The summed E-state index contributed by atoms with van der Waals surface area (Å²) >= 11 is 0. The van der Waals surface area contributed by atoms with E-state index in [9.17, 15) is 9.59 Å². The first-order chi connectivity index (χ1) is 14.0. The Morgan fingerprint density at radius 2 is 1.76 bits per heavy atom. The molecule has 1 fully saturated rings. The third kappa shape index (κ3) is 5.13. The quantitative estimate of drug-likeness (QED) is 0.803. The number of piperidine rings is 1. The summed E-state index contributed by atoms with van der Waals surface area (Å²) in [6.07, 6.45) is 3.54. The minimum absolute atomic E-state index is 0.102. The molecular formula is C23H30N4O2. The average molecular weight is 395 g/mol. The topological polar surface area (TPSA) is 65.5 Å². The van der Waals surface area contributed by atoms with Gasteiger partial charge in [0.1, 0.15) is 5.69 Å². The van der Waals surface area contributed by atoms with Crippen molar-refractivity contribution >= 4 is 23.2 Å². The molecule has 154 valence electrons. The number of likely N-dealkylation sites (tertiary alicyclic amines) is 1. The Kier molecular flexibility index (Phi) is 6.86. The summed E-state index contributed by atoms with van der Waals surface area (Å²) in [5, 5.41) is 2.90. The molecule has 6 nitrogen and oxygen atoms in total. The number of hydrogen-bond acceptors (Lipinski definition) is 4. The van der Waals surface area contributed by atoms with Crippen LogP contribution in [-0.4, -0.2) is 47.9 Å². The molecule has 1 aliphatic rings.